The molecular weight excluding hydrogens is 240 g/mol. The summed E-state index contributed by atoms with van der Waals surface area (Å²) in [7, 11) is 1.46. The van der Waals surface area contributed by atoms with Crippen molar-refractivity contribution < 1.29 is 14.6 Å². The number of rotatable bonds is 1. The van der Waals surface area contributed by atoms with Gasteiger partial charge in [-0.05, 0) is 55.9 Å². The van der Waals surface area contributed by atoms with Crippen LogP contribution < -0.4 is 0 Å². The predicted octanol–water partition coefficient (Wildman–Crippen LogP) is 3.07. The van der Waals surface area contributed by atoms with Gasteiger partial charge in [-0.25, -0.2) is 0 Å². The van der Waals surface area contributed by atoms with E-state index >= 15 is 0 Å². The third kappa shape index (κ3) is 2.22. The summed E-state index contributed by atoms with van der Waals surface area (Å²) in [5.41, 5.74) is -0.297. The molecule has 0 unspecified atom stereocenters. The van der Waals surface area contributed by atoms with Gasteiger partial charge in [0.15, 0.2) is 0 Å². The van der Waals surface area contributed by atoms with Crippen molar-refractivity contribution in [3.8, 4) is 0 Å². The molecular formula is C16H26O3. The van der Waals surface area contributed by atoms with Crippen LogP contribution in [0.15, 0.2) is 12.2 Å². The van der Waals surface area contributed by atoms with E-state index in [1.165, 1.54) is 7.11 Å². The van der Waals surface area contributed by atoms with Crippen molar-refractivity contribution in [1.29, 1.82) is 0 Å². The molecule has 0 radical (unpaired) electrons. The maximum atomic E-state index is 12.3. The highest BCUT2D eigenvalue weighted by atomic mass is 16.5. The molecule has 0 spiro atoms. The molecule has 0 bridgehead atoms. The normalized spacial score (nSPS) is 41.5. The van der Waals surface area contributed by atoms with Gasteiger partial charge in [-0.2, -0.15) is 0 Å². The van der Waals surface area contributed by atoms with E-state index in [1.807, 2.05) is 6.92 Å². The van der Waals surface area contributed by atoms with Gasteiger partial charge < -0.3 is 9.84 Å². The van der Waals surface area contributed by atoms with Crippen LogP contribution in [0.4, 0.5) is 0 Å². The van der Waals surface area contributed by atoms with E-state index in [-0.39, 0.29) is 17.3 Å². The molecule has 0 heterocycles. The first-order valence-electron chi connectivity index (χ1n) is 7.15. The van der Waals surface area contributed by atoms with E-state index < -0.39 is 11.0 Å². The lowest BCUT2D eigenvalue weighted by molar-refractivity contribution is -0.165. The molecule has 1 N–H and O–H groups in total. The van der Waals surface area contributed by atoms with E-state index in [4.69, 9.17) is 4.74 Å². The molecule has 0 amide bonds. The van der Waals surface area contributed by atoms with Gasteiger partial charge in [0.1, 0.15) is 0 Å². The Morgan fingerprint density at radius 1 is 1.26 bits per heavy atom. The maximum absolute atomic E-state index is 12.3. The van der Waals surface area contributed by atoms with Crippen molar-refractivity contribution in [2.75, 3.05) is 7.11 Å². The van der Waals surface area contributed by atoms with Gasteiger partial charge >= 0.3 is 5.97 Å². The lowest BCUT2D eigenvalue weighted by Crippen LogP contribution is -2.53. The lowest BCUT2D eigenvalue weighted by atomic mass is 9.50. The Morgan fingerprint density at radius 2 is 1.84 bits per heavy atom. The minimum atomic E-state index is -0.852. The first-order chi connectivity index (χ1) is 8.65. The Balaban J connectivity index is 2.41. The molecule has 0 aromatic heterocycles. The van der Waals surface area contributed by atoms with Crippen LogP contribution in [-0.4, -0.2) is 23.8 Å². The monoisotopic (exact) mass is 266 g/mol. The maximum Gasteiger partial charge on any atom is 0.312 e. The zero-order valence-corrected chi connectivity index (χ0v) is 12.6. The molecule has 0 saturated heterocycles. The highest BCUT2D eigenvalue weighted by Crippen LogP contribution is 2.59. The lowest BCUT2D eigenvalue weighted by Gasteiger charge is -2.54. The molecule has 2 aliphatic rings. The van der Waals surface area contributed by atoms with Crippen molar-refractivity contribution >= 4 is 5.97 Å². The second kappa shape index (κ2) is 4.34. The average Bonchev–Trinajstić information content (AvgIpc) is 2.34. The van der Waals surface area contributed by atoms with E-state index in [1.54, 1.807) is 0 Å². The molecule has 19 heavy (non-hydrogen) atoms. The van der Waals surface area contributed by atoms with E-state index in [0.717, 1.165) is 24.8 Å². The smallest absolute Gasteiger partial charge is 0.312 e. The number of carbonyl (C=O) groups excluding carboxylic acids is 1. The molecule has 0 aliphatic heterocycles. The zero-order chi connectivity index (χ0) is 14.5. The van der Waals surface area contributed by atoms with Crippen molar-refractivity contribution in [3.05, 3.63) is 12.2 Å². The minimum absolute atomic E-state index is 0.0347. The standard InChI is InChI=1S/C16H26O3/c1-11-12-10-14(2,3)6-8-16(12,13(17)19-5)9-7-15(11,4)18/h12,18H,1,6-10H2,2-5H3/t12-,15-,16-/m0/s1. The summed E-state index contributed by atoms with van der Waals surface area (Å²) in [6.45, 7) is 10.4. The Kier molecular flexibility index (Phi) is 3.33. The van der Waals surface area contributed by atoms with Crippen LogP contribution in [0.1, 0.15) is 52.9 Å². The summed E-state index contributed by atoms with van der Waals surface area (Å²) in [6, 6.07) is 0. The Labute approximate surface area is 116 Å². The summed E-state index contributed by atoms with van der Waals surface area (Å²) >= 11 is 0. The number of hydrogen-bond donors (Lipinski definition) is 1. The second-order valence-electron chi connectivity index (χ2n) is 7.37. The first-order valence-corrected chi connectivity index (χ1v) is 7.15. The van der Waals surface area contributed by atoms with Crippen molar-refractivity contribution in [2.24, 2.45) is 16.7 Å². The SMILES string of the molecule is C=C1[C@@H]2CC(C)(C)CC[C@]2(C(=O)OC)CC[C@]1(C)O. The molecule has 3 atom stereocenters. The summed E-state index contributed by atoms with van der Waals surface area (Å²) < 4.78 is 5.07. The zero-order valence-electron chi connectivity index (χ0n) is 12.6. The van der Waals surface area contributed by atoms with E-state index in [0.29, 0.717) is 12.8 Å². The molecule has 2 rings (SSSR count). The Hall–Kier alpha value is -0.830. The van der Waals surface area contributed by atoms with Crippen LogP contribution in [0, 0.1) is 16.7 Å². The van der Waals surface area contributed by atoms with E-state index in [2.05, 4.69) is 20.4 Å². The molecule has 0 aromatic carbocycles. The largest absolute Gasteiger partial charge is 0.469 e. The van der Waals surface area contributed by atoms with Crippen LogP contribution >= 0.6 is 0 Å². The Bertz CT molecular complexity index is 404. The van der Waals surface area contributed by atoms with Gasteiger partial charge in [0.05, 0.1) is 18.1 Å². The predicted molar refractivity (Wildman–Crippen MR) is 74.6 cm³/mol. The number of esters is 1. The topological polar surface area (TPSA) is 46.5 Å². The van der Waals surface area contributed by atoms with Crippen molar-refractivity contribution in [3.63, 3.8) is 0 Å². The molecule has 2 saturated carbocycles. The summed E-state index contributed by atoms with van der Waals surface area (Å²) in [4.78, 5) is 12.3. The highest BCUT2D eigenvalue weighted by molar-refractivity contribution is 5.78. The minimum Gasteiger partial charge on any atom is -0.469 e. The van der Waals surface area contributed by atoms with Gasteiger partial charge in [0.25, 0.3) is 0 Å². The van der Waals surface area contributed by atoms with Crippen LogP contribution in [0.5, 0.6) is 0 Å². The van der Waals surface area contributed by atoms with E-state index in [9.17, 15) is 9.90 Å². The van der Waals surface area contributed by atoms with Crippen LogP contribution in [0.3, 0.4) is 0 Å². The van der Waals surface area contributed by atoms with Crippen LogP contribution in [0.2, 0.25) is 0 Å². The third-order valence-electron chi connectivity index (χ3n) is 5.43. The number of methoxy groups -OCH3 is 1. The van der Waals surface area contributed by atoms with Crippen molar-refractivity contribution in [1.82, 2.24) is 0 Å². The second-order valence-corrected chi connectivity index (χ2v) is 7.37. The van der Waals surface area contributed by atoms with Crippen molar-refractivity contribution in [2.45, 2.75) is 58.5 Å². The number of ether oxygens (including phenoxy) is 1. The molecule has 3 nitrogen and oxygen atoms in total. The number of hydrogen-bond acceptors (Lipinski definition) is 3. The fourth-order valence-electron chi connectivity index (χ4n) is 3.89. The van der Waals surface area contributed by atoms with Crippen LogP contribution in [-0.2, 0) is 9.53 Å². The molecule has 2 aliphatic carbocycles. The highest BCUT2D eigenvalue weighted by Gasteiger charge is 2.57. The number of aliphatic hydroxyl groups is 1. The van der Waals surface area contributed by atoms with Gasteiger partial charge in [-0.3, -0.25) is 4.79 Å². The fourth-order valence-corrected chi connectivity index (χ4v) is 3.89. The fraction of sp³-hybridized carbons (Fsp3) is 0.812. The van der Waals surface area contributed by atoms with Gasteiger partial charge in [-0.1, -0.05) is 20.4 Å². The third-order valence-corrected chi connectivity index (χ3v) is 5.43. The summed E-state index contributed by atoms with van der Waals surface area (Å²) in [6.07, 6.45) is 4.06. The number of carbonyl (C=O) groups is 1. The molecule has 0 aromatic rings. The van der Waals surface area contributed by atoms with Gasteiger partial charge in [0.2, 0.25) is 0 Å². The first kappa shape index (κ1) is 14.6. The quantitative estimate of drug-likeness (QED) is 0.586. The van der Waals surface area contributed by atoms with Gasteiger partial charge in [0, 0.05) is 0 Å². The summed E-state index contributed by atoms with van der Waals surface area (Å²) in [5, 5.41) is 10.5. The molecule has 2 fully saturated rings. The molecule has 3 heteroatoms. The average molecular weight is 266 g/mol. The summed E-state index contributed by atoms with van der Waals surface area (Å²) in [5.74, 6) is -0.0860. The van der Waals surface area contributed by atoms with Crippen LogP contribution in [0.25, 0.3) is 0 Å². The Morgan fingerprint density at radius 3 is 2.42 bits per heavy atom. The van der Waals surface area contributed by atoms with Gasteiger partial charge in [-0.15, -0.1) is 0 Å². The molecule has 108 valence electrons. The number of fused-ring (bicyclic) bond motifs is 1.